The first-order valence-corrected chi connectivity index (χ1v) is 9.70. The number of aliphatic hydroxyl groups excluding tert-OH is 1. The van der Waals surface area contributed by atoms with Gasteiger partial charge in [0.25, 0.3) is 0 Å². The van der Waals surface area contributed by atoms with Crippen molar-refractivity contribution in [3.8, 4) is 0 Å². The first kappa shape index (κ1) is 19.3. The molecule has 1 saturated heterocycles. The number of morpholine rings is 1. The Bertz CT molecular complexity index is 604. The van der Waals surface area contributed by atoms with Gasteiger partial charge in [0.1, 0.15) is 12.4 Å². The van der Waals surface area contributed by atoms with Gasteiger partial charge < -0.3 is 19.7 Å². The smallest absolute Gasteiger partial charge is 0.221 e. The summed E-state index contributed by atoms with van der Waals surface area (Å²) in [6.45, 7) is 9.41. The van der Waals surface area contributed by atoms with Crippen molar-refractivity contribution in [1.29, 1.82) is 0 Å². The normalized spacial score (nSPS) is 29.4. The second-order valence-electron chi connectivity index (χ2n) is 7.58. The van der Waals surface area contributed by atoms with Crippen LogP contribution < -0.4 is 5.32 Å². The van der Waals surface area contributed by atoms with Gasteiger partial charge in [-0.2, -0.15) is 0 Å². The molecule has 8 heteroatoms. The molecule has 0 spiro atoms. The minimum absolute atomic E-state index is 0.0908. The fourth-order valence-corrected chi connectivity index (χ4v) is 4.09. The average Bonchev–Trinajstić information content (AvgIpc) is 2.97. The number of hydrogen-bond donors (Lipinski definition) is 2. The first-order chi connectivity index (χ1) is 12.5. The molecule has 26 heavy (non-hydrogen) atoms. The van der Waals surface area contributed by atoms with Gasteiger partial charge in [0, 0.05) is 44.6 Å². The molecule has 1 aromatic rings. The number of rotatable bonds is 7. The van der Waals surface area contributed by atoms with E-state index in [0.717, 1.165) is 44.8 Å². The minimum Gasteiger partial charge on any atom is -0.388 e. The van der Waals surface area contributed by atoms with Crippen LogP contribution in [0.2, 0.25) is 0 Å². The van der Waals surface area contributed by atoms with Gasteiger partial charge in [-0.05, 0) is 33.6 Å². The summed E-state index contributed by atoms with van der Waals surface area (Å²) in [5, 5.41) is 20.7. The Hall–Kier alpha value is -1.51. The van der Waals surface area contributed by atoms with Crippen LogP contribution in [0, 0.1) is 0 Å². The van der Waals surface area contributed by atoms with Crippen molar-refractivity contribution in [1.82, 2.24) is 25.0 Å². The molecule has 1 aliphatic heterocycles. The van der Waals surface area contributed by atoms with E-state index in [2.05, 4.69) is 34.3 Å². The third-order valence-corrected chi connectivity index (χ3v) is 5.33. The van der Waals surface area contributed by atoms with Crippen LogP contribution in [0.25, 0.3) is 0 Å². The zero-order chi connectivity index (χ0) is 18.7. The first-order valence-electron chi connectivity index (χ1n) is 9.70. The molecule has 1 aliphatic carbocycles. The maximum atomic E-state index is 12.2. The predicted octanol–water partition coefficient (Wildman–Crippen LogP) is 0.652. The van der Waals surface area contributed by atoms with Crippen LogP contribution in [0.5, 0.6) is 0 Å². The van der Waals surface area contributed by atoms with Crippen LogP contribution in [0.15, 0.2) is 0 Å². The third kappa shape index (κ3) is 4.42. The summed E-state index contributed by atoms with van der Waals surface area (Å²) < 4.78 is 7.70. The van der Waals surface area contributed by atoms with Gasteiger partial charge in [0.15, 0.2) is 5.82 Å². The van der Waals surface area contributed by atoms with E-state index in [1.165, 1.54) is 0 Å². The molecule has 2 atom stereocenters. The highest BCUT2D eigenvalue weighted by molar-refractivity contribution is 5.76. The summed E-state index contributed by atoms with van der Waals surface area (Å²) in [7, 11) is 0. The lowest BCUT2D eigenvalue weighted by atomic mass is 9.79. The highest BCUT2D eigenvalue weighted by atomic mass is 16.5. The van der Waals surface area contributed by atoms with Crippen LogP contribution >= 0.6 is 0 Å². The van der Waals surface area contributed by atoms with Crippen LogP contribution in [0.3, 0.4) is 0 Å². The summed E-state index contributed by atoms with van der Waals surface area (Å²) >= 11 is 0. The van der Waals surface area contributed by atoms with Gasteiger partial charge in [-0.3, -0.25) is 9.69 Å². The van der Waals surface area contributed by atoms with Gasteiger partial charge in [-0.25, -0.2) is 0 Å². The summed E-state index contributed by atoms with van der Waals surface area (Å²) in [5.74, 6) is 1.98. The Morgan fingerprint density at radius 2 is 1.96 bits per heavy atom. The number of carbonyl (C=O) groups excluding carboxylic acids is 1. The topological polar surface area (TPSA) is 92.5 Å². The number of nitrogens with zero attached hydrogens (tertiary/aromatic N) is 4. The summed E-state index contributed by atoms with van der Waals surface area (Å²) in [6.07, 6.45) is 2.77. The van der Waals surface area contributed by atoms with Gasteiger partial charge in [-0.1, -0.05) is 0 Å². The van der Waals surface area contributed by atoms with Crippen molar-refractivity contribution in [3.05, 3.63) is 11.6 Å². The van der Waals surface area contributed by atoms with Crippen LogP contribution in [-0.4, -0.2) is 68.6 Å². The molecule has 0 aromatic carbocycles. The number of aromatic nitrogens is 3. The highest BCUT2D eigenvalue weighted by Gasteiger charge is 2.35. The number of carbonyl (C=O) groups is 1. The van der Waals surface area contributed by atoms with Gasteiger partial charge in [0.2, 0.25) is 5.91 Å². The molecule has 1 amide bonds. The minimum atomic E-state index is -0.0908. The molecule has 2 fully saturated rings. The Kier molecular flexibility index (Phi) is 6.26. The van der Waals surface area contributed by atoms with Crippen LogP contribution in [0.4, 0.5) is 0 Å². The summed E-state index contributed by atoms with van der Waals surface area (Å²) in [5.41, 5.74) is 0. The van der Waals surface area contributed by atoms with Gasteiger partial charge in [0.05, 0.1) is 12.2 Å². The number of aliphatic hydroxyl groups is 1. The van der Waals surface area contributed by atoms with Crippen molar-refractivity contribution in [2.45, 2.75) is 77.4 Å². The molecular weight excluding hydrogens is 334 g/mol. The standard InChI is InChI=1S/C18H31N5O3/c1-4-23-16(11-24)20-21-18(23)14-7-15(8-14)19-17(25)5-6-22-9-12(2)26-13(3)10-22/h12-15,24H,4-11H2,1-3H3,(H,19,25)/t12-,13+,14?,15?. The number of amides is 1. The predicted molar refractivity (Wildman–Crippen MR) is 96.6 cm³/mol. The molecule has 3 rings (SSSR count). The van der Waals surface area contributed by atoms with E-state index in [4.69, 9.17) is 4.74 Å². The Balaban J connectivity index is 1.40. The zero-order valence-corrected chi connectivity index (χ0v) is 16.0. The van der Waals surface area contributed by atoms with Gasteiger partial charge >= 0.3 is 0 Å². The van der Waals surface area contributed by atoms with Gasteiger partial charge in [-0.15, -0.1) is 10.2 Å². The highest BCUT2D eigenvalue weighted by Crippen LogP contribution is 2.36. The van der Waals surface area contributed by atoms with Crippen molar-refractivity contribution >= 4 is 5.91 Å². The lowest BCUT2D eigenvalue weighted by Gasteiger charge is -2.36. The molecule has 2 heterocycles. The molecule has 8 nitrogen and oxygen atoms in total. The van der Waals surface area contributed by atoms with Crippen molar-refractivity contribution in [2.24, 2.45) is 0 Å². The van der Waals surface area contributed by atoms with Crippen molar-refractivity contribution in [3.63, 3.8) is 0 Å². The Labute approximate surface area is 154 Å². The molecule has 146 valence electrons. The van der Waals surface area contributed by atoms with Crippen molar-refractivity contribution in [2.75, 3.05) is 19.6 Å². The average molecular weight is 365 g/mol. The monoisotopic (exact) mass is 365 g/mol. The largest absolute Gasteiger partial charge is 0.388 e. The van der Waals surface area contributed by atoms with E-state index < -0.39 is 0 Å². The molecule has 0 bridgehead atoms. The summed E-state index contributed by atoms with van der Waals surface area (Å²) in [6, 6.07) is 0.217. The van der Waals surface area contributed by atoms with E-state index in [9.17, 15) is 9.90 Å². The van der Waals surface area contributed by atoms with Crippen LogP contribution in [0.1, 0.15) is 57.6 Å². The fourth-order valence-electron chi connectivity index (χ4n) is 4.09. The van der Waals surface area contributed by atoms with E-state index in [0.29, 0.717) is 18.2 Å². The van der Waals surface area contributed by atoms with E-state index in [-0.39, 0.29) is 30.8 Å². The van der Waals surface area contributed by atoms with E-state index in [1.54, 1.807) is 0 Å². The quantitative estimate of drug-likeness (QED) is 0.737. The zero-order valence-electron chi connectivity index (χ0n) is 16.0. The molecule has 1 aromatic heterocycles. The molecule has 2 N–H and O–H groups in total. The molecular formula is C18H31N5O3. The second kappa shape index (κ2) is 8.45. The maximum absolute atomic E-state index is 12.2. The number of hydrogen-bond acceptors (Lipinski definition) is 6. The number of ether oxygens (including phenoxy) is 1. The fraction of sp³-hybridized carbons (Fsp3) is 0.833. The van der Waals surface area contributed by atoms with E-state index >= 15 is 0 Å². The van der Waals surface area contributed by atoms with Crippen molar-refractivity contribution < 1.29 is 14.6 Å². The molecule has 1 saturated carbocycles. The SMILES string of the molecule is CCn1c(CO)nnc1C1CC(NC(=O)CCN2C[C@@H](C)O[C@@H](C)C2)C1. The summed E-state index contributed by atoms with van der Waals surface area (Å²) in [4.78, 5) is 14.5. The lowest BCUT2D eigenvalue weighted by Crippen LogP contribution is -2.48. The third-order valence-electron chi connectivity index (χ3n) is 5.33. The van der Waals surface area contributed by atoms with Crippen LogP contribution in [-0.2, 0) is 22.7 Å². The maximum Gasteiger partial charge on any atom is 0.221 e. The molecule has 2 aliphatic rings. The second-order valence-corrected chi connectivity index (χ2v) is 7.58. The lowest BCUT2D eigenvalue weighted by molar-refractivity contribution is -0.123. The molecule has 0 radical (unpaired) electrons. The number of nitrogens with one attached hydrogen (secondary N) is 1. The Morgan fingerprint density at radius 1 is 1.27 bits per heavy atom. The van der Waals surface area contributed by atoms with E-state index in [1.807, 2.05) is 11.5 Å². The Morgan fingerprint density at radius 3 is 2.58 bits per heavy atom. The molecule has 0 unspecified atom stereocenters.